The molecule has 2 fully saturated rings. The molecule has 1 aliphatic heterocycles. The summed E-state index contributed by atoms with van der Waals surface area (Å²) < 4.78 is 11.8. The Bertz CT molecular complexity index is 859. The van der Waals surface area contributed by atoms with Gasteiger partial charge in [-0.25, -0.2) is 0 Å². The van der Waals surface area contributed by atoms with Gasteiger partial charge in [0.2, 0.25) is 0 Å². The number of aliphatic hydroxyl groups is 4. The Morgan fingerprint density at radius 1 is 0.935 bits per heavy atom. The van der Waals surface area contributed by atoms with Crippen molar-refractivity contribution < 1.29 is 29.9 Å². The molecule has 5 atom stereocenters. The van der Waals surface area contributed by atoms with Gasteiger partial charge in [-0.1, -0.05) is 30.3 Å². The van der Waals surface area contributed by atoms with E-state index in [0.29, 0.717) is 18.1 Å². The molecular formula is C25H32O6. The Kier molecular flexibility index (Phi) is 6.94. The zero-order valence-electron chi connectivity index (χ0n) is 17.9. The molecule has 1 aliphatic carbocycles. The fourth-order valence-corrected chi connectivity index (χ4v) is 4.54. The van der Waals surface area contributed by atoms with Crippen molar-refractivity contribution in [2.45, 2.75) is 75.7 Å². The van der Waals surface area contributed by atoms with Crippen LogP contribution in [0.25, 0.3) is 0 Å². The van der Waals surface area contributed by atoms with Crippen LogP contribution in [0.3, 0.4) is 0 Å². The van der Waals surface area contributed by atoms with Crippen molar-refractivity contribution in [3.8, 4) is 5.75 Å². The van der Waals surface area contributed by atoms with Crippen molar-refractivity contribution in [2.24, 2.45) is 0 Å². The number of hydrogen-bond acceptors (Lipinski definition) is 6. The Hall–Kier alpha value is -1.96. The third-order valence-electron chi connectivity index (χ3n) is 6.52. The number of aliphatic hydroxyl groups excluding tert-OH is 4. The molecule has 2 aliphatic rings. The first kappa shape index (κ1) is 22.2. The van der Waals surface area contributed by atoms with Gasteiger partial charge in [0.05, 0.1) is 12.7 Å². The largest absolute Gasteiger partial charge is 0.490 e. The first-order valence-electron chi connectivity index (χ1n) is 11.1. The summed E-state index contributed by atoms with van der Waals surface area (Å²) in [7, 11) is 0. The molecule has 0 bridgehead atoms. The SMILES string of the molecule is Cc1ccc([C@@H]2OC(CO)[C@@H](O)C(O)[C@H]2O)cc1Cc1ccc(OC2CCCC2)cc1. The van der Waals surface area contributed by atoms with Crippen molar-refractivity contribution in [1.29, 1.82) is 0 Å². The second-order valence-electron chi connectivity index (χ2n) is 8.78. The number of aryl methyl sites for hydroxylation is 1. The average molecular weight is 429 g/mol. The molecule has 6 nitrogen and oxygen atoms in total. The molecule has 0 amide bonds. The van der Waals surface area contributed by atoms with Crippen LogP contribution in [0.15, 0.2) is 42.5 Å². The lowest BCUT2D eigenvalue weighted by molar-refractivity contribution is -0.231. The second-order valence-corrected chi connectivity index (χ2v) is 8.78. The van der Waals surface area contributed by atoms with Crippen molar-refractivity contribution in [3.05, 3.63) is 64.7 Å². The average Bonchev–Trinajstić information content (AvgIpc) is 3.28. The van der Waals surface area contributed by atoms with Gasteiger partial charge in [0.1, 0.15) is 36.3 Å². The quantitative estimate of drug-likeness (QED) is 0.564. The van der Waals surface area contributed by atoms with E-state index in [0.717, 1.165) is 35.3 Å². The monoisotopic (exact) mass is 428 g/mol. The minimum absolute atomic E-state index is 0.336. The first-order chi connectivity index (χ1) is 15.0. The summed E-state index contributed by atoms with van der Waals surface area (Å²) in [6.07, 6.45) is 0.0400. The van der Waals surface area contributed by atoms with Gasteiger partial charge < -0.3 is 29.9 Å². The summed E-state index contributed by atoms with van der Waals surface area (Å²) >= 11 is 0. The van der Waals surface area contributed by atoms with E-state index in [1.807, 2.05) is 37.3 Å². The maximum absolute atomic E-state index is 10.4. The second kappa shape index (κ2) is 9.67. The molecular weight excluding hydrogens is 396 g/mol. The maximum Gasteiger partial charge on any atom is 0.119 e. The van der Waals surface area contributed by atoms with E-state index < -0.39 is 37.1 Å². The molecule has 4 N–H and O–H groups in total. The lowest BCUT2D eigenvalue weighted by atomic mass is 9.89. The van der Waals surface area contributed by atoms with Gasteiger partial charge in [-0.05, 0) is 73.4 Å². The summed E-state index contributed by atoms with van der Waals surface area (Å²) in [6, 6.07) is 14.0. The predicted molar refractivity (Wildman–Crippen MR) is 116 cm³/mol. The van der Waals surface area contributed by atoms with Gasteiger partial charge >= 0.3 is 0 Å². The molecule has 4 rings (SSSR count). The summed E-state index contributed by atoms with van der Waals surface area (Å²) in [4.78, 5) is 0. The number of hydrogen-bond donors (Lipinski definition) is 4. The van der Waals surface area contributed by atoms with Crippen LogP contribution in [0.2, 0.25) is 0 Å². The van der Waals surface area contributed by atoms with E-state index in [1.165, 1.54) is 12.8 Å². The zero-order valence-corrected chi connectivity index (χ0v) is 17.9. The molecule has 0 radical (unpaired) electrons. The summed E-state index contributed by atoms with van der Waals surface area (Å²) in [5.41, 5.74) is 4.05. The Labute approximate surface area is 183 Å². The van der Waals surface area contributed by atoms with E-state index in [-0.39, 0.29) is 0 Å². The van der Waals surface area contributed by atoms with Crippen LogP contribution in [-0.4, -0.2) is 57.6 Å². The van der Waals surface area contributed by atoms with Crippen LogP contribution in [0.5, 0.6) is 5.75 Å². The van der Waals surface area contributed by atoms with Gasteiger partial charge in [-0.3, -0.25) is 0 Å². The standard InChI is InChI=1S/C25H32O6/c1-15-6-9-17(25-24(29)23(28)22(27)21(14-26)31-25)13-18(15)12-16-7-10-20(11-8-16)30-19-4-2-3-5-19/h6-11,13,19,21-29H,2-5,12,14H2,1H3/t21?,22-,23?,24-,25+/m1/s1. The van der Waals surface area contributed by atoms with E-state index in [1.54, 1.807) is 0 Å². The van der Waals surface area contributed by atoms with Crippen molar-refractivity contribution >= 4 is 0 Å². The first-order valence-corrected chi connectivity index (χ1v) is 11.1. The van der Waals surface area contributed by atoms with E-state index in [9.17, 15) is 20.4 Å². The van der Waals surface area contributed by atoms with Crippen LogP contribution in [0.4, 0.5) is 0 Å². The van der Waals surface area contributed by atoms with Crippen LogP contribution in [0.1, 0.15) is 54.0 Å². The van der Waals surface area contributed by atoms with E-state index in [2.05, 4.69) is 12.1 Å². The number of ether oxygens (including phenoxy) is 2. The third kappa shape index (κ3) is 4.94. The molecule has 2 unspecified atom stereocenters. The molecule has 31 heavy (non-hydrogen) atoms. The molecule has 2 aromatic carbocycles. The molecule has 168 valence electrons. The maximum atomic E-state index is 10.4. The summed E-state index contributed by atoms with van der Waals surface area (Å²) in [5.74, 6) is 0.905. The van der Waals surface area contributed by atoms with Crippen LogP contribution in [-0.2, 0) is 11.2 Å². The molecule has 0 aromatic heterocycles. The molecule has 0 spiro atoms. The van der Waals surface area contributed by atoms with Gasteiger partial charge in [0.15, 0.2) is 0 Å². The van der Waals surface area contributed by atoms with Gasteiger partial charge in [0, 0.05) is 0 Å². The smallest absolute Gasteiger partial charge is 0.119 e. The van der Waals surface area contributed by atoms with Gasteiger partial charge in [-0.2, -0.15) is 0 Å². The minimum Gasteiger partial charge on any atom is -0.490 e. The highest BCUT2D eigenvalue weighted by Gasteiger charge is 2.43. The van der Waals surface area contributed by atoms with Gasteiger partial charge in [-0.15, -0.1) is 0 Å². The predicted octanol–water partition coefficient (Wildman–Crippen LogP) is 2.42. The van der Waals surface area contributed by atoms with E-state index in [4.69, 9.17) is 9.47 Å². The Morgan fingerprint density at radius 2 is 1.65 bits per heavy atom. The fraction of sp³-hybridized carbons (Fsp3) is 0.520. The third-order valence-corrected chi connectivity index (χ3v) is 6.52. The Morgan fingerprint density at radius 3 is 2.32 bits per heavy atom. The molecule has 1 saturated heterocycles. The normalized spacial score (nSPS) is 29.3. The molecule has 1 heterocycles. The van der Waals surface area contributed by atoms with Crippen molar-refractivity contribution in [3.63, 3.8) is 0 Å². The summed E-state index contributed by atoms with van der Waals surface area (Å²) in [6.45, 7) is 1.60. The lowest BCUT2D eigenvalue weighted by Crippen LogP contribution is -2.55. The lowest BCUT2D eigenvalue weighted by Gasteiger charge is -2.40. The van der Waals surface area contributed by atoms with Crippen LogP contribution < -0.4 is 4.74 Å². The van der Waals surface area contributed by atoms with Crippen LogP contribution >= 0.6 is 0 Å². The number of benzene rings is 2. The van der Waals surface area contributed by atoms with E-state index >= 15 is 0 Å². The molecule has 2 aromatic rings. The zero-order chi connectivity index (χ0) is 22.0. The minimum atomic E-state index is -1.38. The Balaban J connectivity index is 1.49. The summed E-state index contributed by atoms with van der Waals surface area (Å²) in [5, 5.41) is 40.0. The molecule has 6 heteroatoms. The van der Waals surface area contributed by atoms with Gasteiger partial charge in [0.25, 0.3) is 0 Å². The van der Waals surface area contributed by atoms with Crippen molar-refractivity contribution in [1.82, 2.24) is 0 Å². The fourth-order valence-electron chi connectivity index (χ4n) is 4.54. The highest BCUT2D eigenvalue weighted by atomic mass is 16.5. The number of rotatable bonds is 6. The van der Waals surface area contributed by atoms with Crippen LogP contribution in [0, 0.1) is 6.92 Å². The topological polar surface area (TPSA) is 99.4 Å². The highest BCUT2D eigenvalue weighted by Crippen LogP contribution is 2.33. The van der Waals surface area contributed by atoms with Crippen molar-refractivity contribution in [2.75, 3.05) is 6.61 Å². The molecule has 1 saturated carbocycles. The highest BCUT2D eigenvalue weighted by molar-refractivity contribution is 5.38.